The van der Waals surface area contributed by atoms with E-state index >= 15 is 0 Å². The summed E-state index contributed by atoms with van der Waals surface area (Å²) >= 11 is 18.1. The molecule has 0 unspecified atom stereocenters. The summed E-state index contributed by atoms with van der Waals surface area (Å²) < 4.78 is 0. The van der Waals surface area contributed by atoms with Crippen LogP contribution >= 0.6 is 34.8 Å². The van der Waals surface area contributed by atoms with E-state index in [1.807, 2.05) is 6.92 Å². The van der Waals surface area contributed by atoms with Gasteiger partial charge in [-0.3, -0.25) is 9.59 Å². The van der Waals surface area contributed by atoms with Crippen molar-refractivity contribution >= 4 is 58.0 Å². The normalized spacial score (nSPS) is 10.3. The predicted molar refractivity (Wildman–Crippen MR) is 99.4 cm³/mol. The number of rotatable bonds is 5. The zero-order valence-corrected chi connectivity index (χ0v) is 15.1. The molecule has 2 N–H and O–H groups in total. The molecule has 0 heterocycles. The van der Waals surface area contributed by atoms with Crippen LogP contribution < -0.4 is 10.6 Å². The van der Waals surface area contributed by atoms with Crippen LogP contribution in [0.5, 0.6) is 0 Å². The first-order valence-electron chi connectivity index (χ1n) is 7.27. The van der Waals surface area contributed by atoms with Gasteiger partial charge in [0.25, 0.3) is 5.91 Å². The average Bonchev–Trinajstić information content (AvgIpc) is 2.53. The number of amides is 2. The quantitative estimate of drug-likeness (QED) is 0.700. The largest absolute Gasteiger partial charge is 0.326 e. The Balaban J connectivity index is 2.21. The molecular weight excluding hydrogens is 371 g/mol. The lowest BCUT2D eigenvalue weighted by Crippen LogP contribution is -2.14. The van der Waals surface area contributed by atoms with Crippen LogP contribution in [-0.4, -0.2) is 11.8 Å². The van der Waals surface area contributed by atoms with Gasteiger partial charge in [0, 0.05) is 12.1 Å². The number of anilines is 2. The molecule has 0 bridgehead atoms. The van der Waals surface area contributed by atoms with Crippen LogP contribution in [0.4, 0.5) is 11.4 Å². The average molecular weight is 386 g/mol. The molecule has 7 heteroatoms. The fourth-order valence-corrected chi connectivity index (χ4v) is 2.57. The summed E-state index contributed by atoms with van der Waals surface area (Å²) in [6, 6.07) is 9.64. The molecule has 0 saturated heterocycles. The first-order valence-corrected chi connectivity index (χ1v) is 8.40. The summed E-state index contributed by atoms with van der Waals surface area (Å²) in [6.45, 7) is 1.92. The zero-order valence-electron chi connectivity index (χ0n) is 12.8. The summed E-state index contributed by atoms with van der Waals surface area (Å²) in [5.41, 5.74) is 1.15. The Morgan fingerprint density at radius 3 is 2.46 bits per heavy atom. The van der Waals surface area contributed by atoms with Gasteiger partial charge in [0.05, 0.1) is 26.3 Å². The maximum absolute atomic E-state index is 12.4. The molecule has 2 aromatic rings. The highest BCUT2D eigenvalue weighted by Crippen LogP contribution is 2.29. The van der Waals surface area contributed by atoms with Gasteiger partial charge in [-0.1, -0.05) is 47.8 Å². The molecule has 0 saturated carbocycles. The minimum atomic E-state index is -0.443. The van der Waals surface area contributed by atoms with Gasteiger partial charge in [-0.25, -0.2) is 0 Å². The monoisotopic (exact) mass is 384 g/mol. The van der Waals surface area contributed by atoms with E-state index in [2.05, 4.69) is 10.6 Å². The van der Waals surface area contributed by atoms with E-state index in [0.717, 1.165) is 6.42 Å². The summed E-state index contributed by atoms with van der Waals surface area (Å²) in [4.78, 5) is 24.0. The fraction of sp³-hybridized carbons (Fsp3) is 0.176. The Labute approximate surface area is 155 Å². The molecule has 4 nitrogen and oxygen atoms in total. The highest BCUT2D eigenvalue weighted by molar-refractivity contribution is 6.44. The SMILES string of the molecule is CCCC(=O)Nc1ccc(Cl)c(NC(=O)c2cccc(Cl)c2Cl)c1. The van der Waals surface area contributed by atoms with Crippen molar-refractivity contribution in [3.05, 3.63) is 57.0 Å². The van der Waals surface area contributed by atoms with Gasteiger partial charge < -0.3 is 10.6 Å². The molecule has 24 heavy (non-hydrogen) atoms. The summed E-state index contributed by atoms with van der Waals surface area (Å²) in [7, 11) is 0. The van der Waals surface area contributed by atoms with E-state index in [1.54, 1.807) is 36.4 Å². The molecule has 0 aliphatic rings. The van der Waals surface area contributed by atoms with Crippen LogP contribution in [0.2, 0.25) is 15.1 Å². The predicted octanol–water partition coefficient (Wildman–Crippen LogP) is 5.64. The van der Waals surface area contributed by atoms with Crippen LogP contribution in [0.25, 0.3) is 0 Å². The van der Waals surface area contributed by atoms with E-state index in [1.165, 1.54) is 0 Å². The fourth-order valence-electron chi connectivity index (χ4n) is 2.02. The molecule has 126 valence electrons. The topological polar surface area (TPSA) is 58.2 Å². The van der Waals surface area contributed by atoms with E-state index in [-0.39, 0.29) is 21.5 Å². The van der Waals surface area contributed by atoms with Gasteiger partial charge in [-0.15, -0.1) is 0 Å². The van der Waals surface area contributed by atoms with Crippen LogP contribution in [0.3, 0.4) is 0 Å². The summed E-state index contributed by atoms with van der Waals surface area (Å²) in [5.74, 6) is -0.545. The second-order valence-electron chi connectivity index (χ2n) is 5.05. The molecule has 0 aliphatic heterocycles. The summed E-state index contributed by atoms with van der Waals surface area (Å²) in [5, 5.41) is 6.22. The van der Waals surface area contributed by atoms with Crippen molar-refractivity contribution < 1.29 is 9.59 Å². The Morgan fingerprint density at radius 1 is 1.00 bits per heavy atom. The Hall–Kier alpha value is -1.75. The van der Waals surface area contributed by atoms with Crippen molar-refractivity contribution in [2.24, 2.45) is 0 Å². The van der Waals surface area contributed by atoms with Gasteiger partial charge in [-0.05, 0) is 36.8 Å². The minimum Gasteiger partial charge on any atom is -0.326 e. The Kier molecular flexibility index (Phi) is 6.49. The third-order valence-electron chi connectivity index (χ3n) is 3.17. The molecule has 0 spiro atoms. The second kappa shape index (κ2) is 8.38. The van der Waals surface area contributed by atoms with Crippen molar-refractivity contribution in [3.8, 4) is 0 Å². The van der Waals surface area contributed by atoms with Gasteiger partial charge in [0.1, 0.15) is 0 Å². The lowest BCUT2D eigenvalue weighted by Gasteiger charge is -2.11. The molecule has 0 atom stereocenters. The van der Waals surface area contributed by atoms with E-state index in [4.69, 9.17) is 34.8 Å². The highest BCUT2D eigenvalue weighted by atomic mass is 35.5. The molecule has 2 rings (SSSR count). The van der Waals surface area contributed by atoms with E-state index in [9.17, 15) is 9.59 Å². The second-order valence-corrected chi connectivity index (χ2v) is 6.24. The van der Waals surface area contributed by atoms with Gasteiger partial charge in [0.2, 0.25) is 5.91 Å². The van der Waals surface area contributed by atoms with Crippen LogP contribution in [0, 0.1) is 0 Å². The molecule has 2 amide bonds. The van der Waals surface area contributed by atoms with E-state index < -0.39 is 5.91 Å². The Morgan fingerprint density at radius 2 is 1.75 bits per heavy atom. The first kappa shape index (κ1) is 18.6. The van der Waals surface area contributed by atoms with Gasteiger partial charge >= 0.3 is 0 Å². The van der Waals surface area contributed by atoms with Crippen LogP contribution in [-0.2, 0) is 4.79 Å². The molecule has 0 fully saturated rings. The number of halogens is 3. The number of hydrogen-bond donors (Lipinski definition) is 2. The van der Waals surface area contributed by atoms with Crippen molar-refractivity contribution in [1.29, 1.82) is 0 Å². The number of carbonyl (C=O) groups is 2. The lowest BCUT2D eigenvalue weighted by atomic mass is 10.2. The van der Waals surface area contributed by atoms with Crippen molar-refractivity contribution in [2.45, 2.75) is 19.8 Å². The minimum absolute atomic E-state index is 0.102. The van der Waals surface area contributed by atoms with Crippen LogP contribution in [0.1, 0.15) is 30.1 Å². The zero-order chi connectivity index (χ0) is 17.7. The van der Waals surface area contributed by atoms with Gasteiger partial charge in [-0.2, -0.15) is 0 Å². The number of nitrogens with one attached hydrogen (secondary N) is 2. The molecular formula is C17H15Cl3N2O2. The maximum atomic E-state index is 12.4. The molecule has 0 aromatic heterocycles. The van der Waals surface area contributed by atoms with Crippen LogP contribution in [0.15, 0.2) is 36.4 Å². The maximum Gasteiger partial charge on any atom is 0.257 e. The Bertz CT molecular complexity index is 778. The molecule has 2 aromatic carbocycles. The standard InChI is InChI=1S/C17H15Cl3N2O2/c1-2-4-15(23)21-10-7-8-12(18)14(9-10)22-17(24)11-5-3-6-13(19)16(11)20/h3,5-9H,2,4H2,1H3,(H,21,23)(H,22,24). The highest BCUT2D eigenvalue weighted by Gasteiger charge is 2.14. The number of carbonyl (C=O) groups excluding carboxylic acids is 2. The summed E-state index contributed by atoms with van der Waals surface area (Å²) in [6.07, 6.45) is 1.17. The third-order valence-corrected chi connectivity index (χ3v) is 4.32. The number of benzene rings is 2. The van der Waals surface area contributed by atoms with Gasteiger partial charge in [0.15, 0.2) is 0 Å². The number of hydrogen-bond acceptors (Lipinski definition) is 2. The smallest absolute Gasteiger partial charge is 0.257 e. The third kappa shape index (κ3) is 4.63. The molecule has 0 radical (unpaired) electrons. The van der Waals surface area contributed by atoms with Crippen molar-refractivity contribution in [2.75, 3.05) is 10.6 Å². The first-order chi connectivity index (χ1) is 11.4. The lowest BCUT2D eigenvalue weighted by molar-refractivity contribution is -0.116. The molecule has 0 aliphatic carbocycles. The van der Waals surface area contributed by atoms with Crippen molar-refractivity contribution in [1.82, 2.24) is 0 Å². The van der Waals surface area contributed by atoms with Crippen molar-refractivity contribution in [3.63, 3.8) is 0 Å². The van der Waals surface area contributed by atoms with E-state index in [0.29, 0.717) is 22.8 Å².